The number of alkyl halides is 3. The summed E-state index contributed by atoms with van der Waals surface area (Å²) in [5, 5.41) is 9.58. The van der Waals surface area contributed by atoms with Crippen LogP contribution in [-0.2, 0) is 4.79 Å². The summed E-state index contributed by atoms with van der Waals surface area (Å²) in [7, 11) is 1.11. The normalized spacial score (nSPS) is 18.8. The van der Waals surface area contributed by atoms with Crippen LogP contribution in [-0.4, -0.2) is 42.3 Å². The summed E-state index contributed by atoms with van der Waals surface area (Å²) in [6, 6.07) is 11.7. The minimum absolute atomic E-state index is 0.0873. The number of hydrogen-bond donors (Lipinski definition) is 1. The Labute approximate surface area is 160 Å². The molecule has 150 valence electrons. The van der Waals surface area contributed by atoms with Gasteiger partial charge >= 0.3 is 12.1 Å². The SMILES string of the molecule is Cc1cc(O)ccc1O[C@H]1c2ccccc2OC[C@H]1CN(C)C(=O)C(F)(F)F. The molecule has 5 nitrogen and oxygen atoms in total. The Morgan fingerprint density at radius 1 is 1.29 bits per heavy atom. The van der Waals surface area contributed by atoms with E-state index in [0.717, 1.165) is 7.05 Å². The van der Waals surface area contributed by atoms with Crippen molar-refractivity contribution in [3.05, 3.63) is 53.6 Å². The van der Waals surface area contributed by atoms with Crippen LogP contribution in [0.3, 0.4) is 0 Å². The maximum absolute atomic E-state index is 12.8. The highest BCUT2D eigenvalue weighted by Gasteiger charge is 2.43. The minimum atomic E-state index is -4.94. The molecule has 0 unspecified atom stereocenters. The zero-order valence-electron chi connectivity index (χ0n) is 15.4. The molecular weight excluding hydrogens is 375 g/mol. The number of aromatic hydroxyl groups is 1. The van der Waals surface area contributed by atoms with Crippen molar-refractivity contribution in [2.24, 2.45) is 5.92 Å². The molecule has 0 spiro atoms. The standard InChI is InChI=1S/C20H20F3NO4/c1-12-9-14(25)7-8-16(12)28-18-13(10-24(2)19(26)20(21,22)23)11-27-17-6-4-3-5-15(17)18/h3-9,13,18,25H,10-11H2,1-2H3/t13-,18-/m1/s1. The van der Waals surface area contributed by atoms with Crippen molar-refractivity contribution in [2.45, 2.75) is 19.2 Å². The molecule has 0 saturated heterocycles. The number of phenolic OH excluding ortho intramolecular Hbond substituents is 1. The minimum Gasteiger partial charge on any atom is -0.508 e. The Bertz CT molecular complexity index is 869. The lowest BCUT2D eigenvalue weighted by Gasteiger charge is -2.36. The second-order valence-electron chi connectivity index (χ2n) is 6.78. The van der Waals surface area contributed by atoms with Gasteiger partial charge in [-0.15, -0.1) is 0 Å². The molecule has 0 aliphatic carbocycles. The fraction of sp³-hybridized carbons (Fsp3) is 0.350. The molecule has 1 amide bonds. The molecule has 2 aromatic carbocycles. The number of nitrogens with zero attached hydrogens (tertiary/aromatic N) is 1. The Balaban J connectivity index is 1.89. The van der Waals surface area contributed by atoms with E-state index in [0.29, 0.717) is 27.5 Å². The van der Waals surface area contributed by atoms with E-state index in [1.807, 2.05) is 0 Å². The van der Waals surface area contributed by atoms with Crippen molar-refractivity contribution < 1.29 is 32.5 Å². The molecule has 0 bridgehead atoms. The van der Waals surface area contributed by atoms with Crippen molar-refractivity contribution in [2.75, 3.05) is 20.2 Å². The second kappa shape index (κ2) is 7.61. The van der Waals surface area contributed by atoms with E-state index in [2.05, 4.69) is 0 Å². The summed E-state index contributed by atoms with van der Waals surface area (Å²) < 4.78 is 50.1. The van der Waals surface area contributed by atoms with Crippen LogP contribution < -0.4 is 9.47 Å². The van der Waals surface area contributed by atoms with E-state index in [-0.39, 0.29) is 18.9 Å². The van der Waals surface area contributed by atoms with Crippen LogP contribution >= 0.6 is 0 Å². The molecule has 0 fully saturated rings. The molecule has 1 N–H and O–H groups in total. The fourth-order valence-electron chi connectivity index (χ4n) is 3.25. The highest BCUT2D eigenvalue weighted by molar-refractivity contribution is 5.81. The Kier molecular flexibility index (Phi) is 5.40. The maximum Gasteiger partial charge on any atom is 0.471 e. The fourth-order valence-corrected chi connectivity index (χ4v) is 3.25. The van der Waals surface area contributed by atoms with Crippen LogP contribution in [0.15, 0.2) is 42.5 Å². The molecule has 1 heterocycles. The van der Waals surface area contributed by atoms with Gasteiger partial charge in [0.1, 0.15) is 23.4 Å². The smallest absolute Gasteiger partial charge is 0.471 e. The Morgan fingerprint density at radius 2 is 2.00 bits per heavy atom. The molecule has 28 heavy (non-hydrogen) atoms. The predicted molar refractivity (Wildman–Crippen MR) is 95.3 cm³/mol. The lowest BCUT2D eigenvalue weighted by molar-refractivity contribution is -0.185. The first-order valence-corrected chi connectivity index (χ1v) is 8.67. The van der Waals surface area contributed by atoms with Crippen molar-refractivity contribution in [3.8, 4) is 17.2 Å². The summed E-state index contributed by atoms with van der Waals surface area (Å²) in [6.07, 6.45) is -5.55. The highest BCUT2D eigenvalue weighted by Crippen LogP contribution is 2.40. The molecular formula is C20H20F3NO4. The van der Waals surface area contributed by atoms with E-state index >= 15 is 0 Å². The van der Waals surface area contributed by atoms with Gasteiger partial charge in [-0.1, -0.05) is 18.2 Å². The third kappa shape index (κ3) is 4.16. The lowest BCUT2D eigenvalue weighted by atomic mass is 9.92. The number of halogens is 3. The lowest BCUT2D eigenvalue weighted by Crippen LogP contribution is -2.44. The average Bonchev–Trinajstić information content (AvgIpc) is 2.64. The van der Waals surface area contributed by atoms with Crippen molar-refractivity contribution in [1.82, 2.24) is 4.90 Å². The van der Waals surface area contributed by atoms with Crippen LogP contribution in [0.4, 0.5) is 13.2 Å². The zero-order valence-corrected chi connectivity index (χ0v) is 15.4. The summed E-state index contributed by atoms with van der Waals surface area (Å²) in [4.78, 5) is 12.2. The number of amides is 1. The van der Waals surface area contributed by atoms with Crippen molar-refractivity contribution in [3.63, 3.8) is 0 Å². The number of benzene rings is 2. The van der Waals surface area contributed by atoms with Gasteiger partial charge in [0.2, 0.25) is 0 Å². The number of ether oxygens (including phenoxy) is 2. The van der Waals surface area contributed by atoms with Crippen LogP contribution in [0.25, 0.3) is 0 Å². The summed E-state index contributed by atoms with van der Waals surface area (Å²) in [5.74, 6) is -1.26. The van der Waals surface area contributed by atoms with Crippen molar-refractivity contribution >= 4 is 5.91 Å². The average molecular weight is 395 g/mol. The monoisotopic (exact) mass is 395 g/mol. The molecule has 0 aromatic heterocycles. The first-order chi connectivity index (χ1) is 13.2. The number of fused-ring (bicyclic) bond motifs is 1. The van der Waals surface area contributed by atoms with E-state index in [1.165, 1.54) is 12.1 Å². The van der Waals surface area contributed by atoms with Gasteiger partial charge in [-0.3, -0.25) is 4.79 Å². The molecule has 1 aliphatic heterocycles. The first kappa shape index (κ1) is 19.9. The Morgan fingerprint density at radius 3 is 2.68 bits per heavy atom. The van der Waals surface area contributed by atoms with Gasteiger partial charge in [0, 0.05) is 19.2 Å². The van der Waals surface area contributed by atoms with Gasteiger partial charge in [0.15, 0.2) is 0 Å². The van der Waals surface area contributed by atoms with E-state index in [9.17, 15) is 23.1 Å². The van der Waals surface area contributed by atoms with Gasteiger partial charge < -0.3 is 19.5 Å². The van der Waals surface area contributed by atoms with Crippen LogP contribution in [0, 0.1) is 12.8 Å². The summed E-state index contributed by atoms with van der Waals surface area (Å²) >= 11 is 0. The predicted octanol–water partition coefficient (Wildman–Crippen LogP) is 3.85. The van der Waals surface area contributed by atoms with Crippen LogP contribution in [0.2, 0.25) is 0 Å². The van der Waals surface area contributed by atoms with E-state index in [1.54, 1.807) is 37.3 Å². The largest absolute Gasteiger partial charge is 0.508 e. The Hall–Kier alpha value is -2.90. The summed E-state index contributed by atoms with van der Waals surface area (Å²) in [5.41, 5.74) is 1.38. The van der Waals surface area contributed by atoms with Gasteiger partial charge in [0.25, 0.3) is 0 Å². The molecule has 0 radical (unpaired) electrons. The number of para-hydroxylation sites is 1. The van der Waals surface area contributed by atoms with Crippen molar-refractivity contribution in [1.29, 1.82) is 0 Å². The highest BCUT2D eigenvalue weighted by atomic mass is 19.4. The molecule has 2 aromatic rings. The van der Waals surface area contributed by atoms with Crippen LogP contribution in [0.5, 0.6) is 17.2 Å². The van der Waals surface area contributed by atoms with E-state index in [4.69, 9.17) is 9.47 Å². The van der Waals surface area contributed by atoms with Gasteiger partial charge in [-0.05, 0) is 36.8 Å². The molecule has 1 aliphatic rings. The topological polar surface area (TPSA) is 59.0 Å². The van der Waals surface area contributed by atoms with Gasteiger partial charge in [-0.2, -0.15) is 13.2 Å². The molecule has 3 rings (SSSR count). The van der Waals surface area contributed by atoms with E-state index < -0.39 is 24.1 Å². The number of rotatable bonds is 4. The number of phenols is 1. The first-order valence-electron chi connectivity index (χ1n) is 8.67. The molecule has 2 atom stereocenters. The molecule has 0 saturated carbocycles. The number of carbonyl (C=O) groups excluding carboxylic acids is 1. The number of carbonyl (C=O) groups is 1. The third-order valence-corrected chi connectivity index (χ3v) is 4.62. The zero-order chi connectivity index (χ0) is 20.5. The maximum atomic E-state index is 12.8. The van der Waals surface area contributed by atoms with Crippen LogP contribution in [0.1, 0.15) is 17.2 Å². The van der Waals surface area contributed by atoms with Gasteiger partial charge in [-0.25, -0.2) is 0 Å². The summed E-state index contributed by atoms with van der Waals surface area (Å²) in [6.45, 7) is 1.68. The number of hydrogen-bond acceptors (Lipinski definition) is 4. The third-order valence-electron chi connectivity index (χ3n) is 4.62. The second-order valence-corrected chi connectivity index (χ2v) is 6.78. The molecule has 8 heteroatoms. The quantitative estimate of drug-likeness (QED) is 0.855. The van der Waals surface area contributed by atoms with Gasteiger partial charge in [0.05, 0.1) is 12.5 Å². The number of aryl methyl sites for hydroxylation is 1.